The van der Waals surface area contributed by atoms with Crippen LogP contribution in [0.15, 0.2) is 0 Å². The third kappa shape index (κ3) is 3.38. The topological polar surface area (TPSA) is 76.2 Å². The van der Waals surface area contributed by atoms with Gasteiger partial charge in [0.25, 0.3) is 0 Å². The Morgan fingerprint density at radius 2 is 2.17 bits per heavy atom. The smallest absolute Gasteiger partial charge is 0.223 e. The van der Waals surface area contributed by atoms with Crippen LogP contribution in [0.3, 0.4) is 0 Å². The SMILES string of the molecule is CCCn1nc(C)c(N)c1NCCC(=O)N(C)C. The van der Waals surface area contributed by atoms with Crippen LogP contribution in [0.1, 0.15) is 25.5 Å². The van der Waals surface area contributed by atoms with Crippen molar-refractivity contribution >= 4 is 17.4 Å². The fourth-order valence-corrected chi connectivity index (χ4v) is 1.67. The summed E-state index contributed by atoms with van der Waals surface area (Å²) in [6.45, 7) is 5.36. The number of aryl methyl sites for hydroxylation is 2. The average Bonchev–Trinajstić information content (AvgIpc) is 2.57. The first-order valence-corrected chi connectivity index (χ1v) is 6.24. The number of aromatic nitrogens is 2. The summed E-state index contributed by atoms with van der Waals surface area (Å²) in [5.41, 5.74) is 7.46. The minimum absolute atomic E-state index is 0.0966. The van der Waals surface area contributed by atoms with Gasteiger partial charge in [-0.15, -0.1) is 0 Å². The second-order valence-electron chi connectivity index (χ2n) is 4.54. The monoisotopic (exact) mass is 253 g/mol. The van der Waals surface area contributed by atoms with Crippen LogP contribution < -0.4 is 11.1 Å². The lowest BCUT2D eigenvalue weighted by molar-refractivity contribution is -0.128. The normalized spacial score (nSPS) is 10.4. The first-order valence-electron chi connectivity index (χ1n) is 6.24. The maximum absolute atomic E-state index is 11.5. The van der Waals surface area contributed by atoms with Gasteiger partial charge in [-0.25, -0.2) is 4.68 Å². The van der Waals surface area contributed by atoms with Crippen LogP contribution >= 0.6 is 0 Å². The molecule has 1 aromatic heterocycles. The van der Waals surface area contributed by atoms with Gasteiger partial charge in [-0.2, -0.15) is 5.10 Å². The number of nitrogens with one attached hydrogen (secondary N) is 1. The van der Waals surface area contributed by atoms with Gasteiger partial charge in [0, 0.05) is 33.6 Å². The summed E-state index contributed by atoms with van der Waals surface area (Å²) >= 11 is 0. The second kappa shape index (κ2) is 6.28. The highest BCUT2D eigenvalue weighted by Gasteiger charge is 2.12. The zero-order valence-corrected chi connectivity index (χ0v) is 11.7. The highest BCUT2D eigenvalue weighted by molar-refractivity contribution is 5.76. The van der Waals surface area contributed by atoms with E-state index in [9.17, 15) is 4.79 Å². The summed E-state index contributed by atoms with van der Waals surface area (Å²) in [7, 11) is 3.50. The van der Waals surface area contributed by atoms with E-state index in [0.29, 0.717) is 18.7 Å². The van der Waals surface area contributed by atoms with E-state index in [1.54, 1.807) is 19.0 Å². The van der Waals surface area contributed by atoms with Crippen molar-refractivity contribution in [1.82, 2.24) is 14.7 Å². The van der Waals surface area contributed by atoms with Crippen LogP contribution in [0.2, 0.25) is 0 Å². The number of nitrogens with zero attached hydrogens (tertiary/aromatic N) is 3. The van der Waals surface area contributed by atoms with Crippen LogP contribution in [0.5, 0.6) is 0 Å². The van der Waals surface area contributed by atoms with E-state index >= 15 is 0 Å². The molecule has 1 amide bonds. The number of nitrogens with two attached hydrogens (primary N) is 1. The van der Waals surface area contributed by atoms with Crippen molar-refractivity contribution in [3.63, 3.8) is 0 Å². The van der Waals surface area contributed by atoms with Gasteiger partial charge in [-0.3, -0.25) is 4.79 Å². The Bertz CT molecular complexity index is 411. The zero-order valence-electron chi connectivity index (χ0n) is 11.7. The summed E-state index contributed by atoms with van der Waals surface area (Å²) in [5.74, 6) is 0.917. The van der Waals surface area contributed by atoms with E-state index in [-0.39, 0.29) is 5.91 Å². The van der Waals surface area contributed by atoms with E-state index in [1.165, 1.54) is 0 Å². The molecular weight excluding hydrogens is 230 g/mol. The number of hydrogen-bond acceptors (Lipinski definition) is 4. The average molecular weight is 253 g/mol. The van der Waals surface area contributed by atoms with Gasteiger partial charge >= 0.3 is 0 Å². The van der Waals surface area contributed by atoms with Crippen molar-refractivity contribution in [3.8, 4) is 0 Å². The zero-order chi connectivity index (χ0) is 13.7. The van der Waals surface area contributed by atoms with Crippen LogP contribution in [-0.2, 0) is 11.3 Å². The van der Waals surface area contributed by atoms with Gasteiger partial charge in [0.1, 0.15) is 5.82 Å². The lowest BCUT2D eigenvalue weighted by Gasteiger charge is -2.12. The first-order chi connectivity index (χ1) is 8.47. The standard InChI is InChI=1S/C12H23N5O/c1-5-8-17-12(11(13)9(2)15-17)14-7-6-10(18)16(3)4/h14H,5-8,13H2,1-4H3. The molecule has 0 saturated carbocycles. The van der Waals surface area contributed by atoms with Gasteiger partial charge in [0.05, 0.1) is 11.4 Å². The van der Waals surface area contributed by atoms with Crippen molar-refractivity contribution in [3.05, 3.63) is 5.69 Å². The minimum atomic E-state index is 0.0966. The number of amides is 1. The fourth-order valence-electron chi connectivity index (χ4n) is 1.67. The van der Waals surface area contributed by atoms with Crippen LogP contribution in [-0.4, -0.2) is 41.2 Å². The molecule has 1 rings (SSSR count). The number of carbonyl (C=O) groups is 1. The third-order valence-electron chi connectivity index (χ3n) is 2.74. The first kappa shape index (κ1) is 14.3. The molecule has 0 bridgehead atoms. The molecule has 1 heterocycles. The van der Waals surface area contributed by atoms with Gasteiger partial charge in [-0.1, -0.05) is 6.92 Å². The van der Waals surface area contributed by atoms with E-state index in [1.807, 2.05) is 11.6 Å². The molecule has 0 aromatic carbocycles. The number of hydrogen-bond donors (Lipinski definition) is 2. The molecular formula is C12H23N5O. The van der Waals surface area contributed by atoms with Crippen molar-refractivity contribution in [2.45, 2.75) is 33.2 Å². The molecule has 0 aliphatic heterocycles. The summed E-state index contributed by atoms with van der Waals surface area (Å²) in [6, 6.07) is 0. The largest absolute Gasteiger partial charge is 0.394 e. The Balaban J connectivity index is 2.63. The van der Waals surface area contributed by atoms with E-state index in [4.69, 9.17) is 5.73 Å². The molecule has 1 aromatic rings. The number of anilines is 2. The molecule has 0 radical (unpaired) electrons. The van der Waals surface area contributed by atoms with Crippen molar-refractivity contribution in [2.24, 2.45) is 0 Å². The molecule has 6 heteroatoms. The van der Waals surface area contributed by atoms with Crippen molar-refractivity contribution in [2.75, 3.05) is 31.7 Å². The van der Waals surface area contributed by atoms with Crippen LogP contribution in [0, 0.1) is 6.92 Å². The number of rotatable bonds is 6. The molecule has 3 N–H and O–H groups in total. The van der Waals surface area contributed by atoms with Crippen LogP contribution in [0.25, 0.3) is 0 Å². The Morgan fingerprint density at radius 1 is 1.50 bits per heavy atom. The van der Waals surface area contributed by atoms with Crippen LogP contribution in [0.4, 0.5) is 11.5 Å². The Morgan fingerprint density at radius 3 is 2.72 bits per heavy atom. The summed E-state index contributed by atoms with van der Waals surface area (Å²) in [4.78, 5) is 13.0. The summed E-state index contributed by atoms with van der Waals surface area (Å²) < 4.78 is 1.87. The molecule has 6 nitrogen and oxygen atoms in total. The maximum Gasteiger partial charge on any atom is 0.223 e. The number of carbonyl (C=O) groups excluding carboxylic acids is 1. The van der Waals surface area contributed by atoms with Gasteiger partial charge in [0.2, 0.25) is 5.91 Å². The third-order valence-corrected chi connectivity index (χ3v) is 2.74. The van der Waals surface area contributed by atoms with E-state index < -0.39 is 0 Å². The molecule has 0 spiro atoms. The van der Waals surface area contributed by atoms with E-state index in [0.717, 1.165) is 24.5 Å². The van der Waals surface area contributed by atoms with Gasteiger partial charge < -0.3 is 16.0 Å². The lowest BCUT2D eigenvalue weighted by Crippen LogP contribution is -2.24. The predicted molar refractivity (Wildman–Crippen MR) is 73.5 cm³/mol. The Hall–Kier alpha value is -1.72. The molecule has 0 atom stereocenters. The lowest BCUT2D eigenvalue weighted by atomic mass is 10.3. The molecule has 0 aliphatic carbocycles. The molecule has 0 unspecified atom stereocenters. The molecule has 0 aliphatic rings. The Labute approximate surface area is 108 Å². The number of nitrogen functional groups attached to an aromatic ring is 1. The van der Waals surface area contributed by atoms with E-state index in [2.05, 4.69) is 17.3 Å². The maximum atomic E-state index is 11.5. The van der Waals surface area contributed by atoms with Crippen molar-refractivity contribution < 1.29 is 4.79 Å². The highest BCUT2D eigenvalue weighted by atomic mass is 16.2. The Kier molecular flexibility index (Phi) is 5.00. The van der Waals surface area contributed by atoms with Crippen molar-refractivity contribution in [1.29, 1.82) is 0 Å². The fraction of sp³-hybridized carbons (Fsp3) is 0.667. The second-order valence-corrected chi connectivity index (χ2v) is 4.54. The molecule has 18 heavy (non-hydrogen) atoms. The quantitative estimate of drug-likeness (QED) is 0.795. The van der Waals surface area contributed by atoms with Gasteiger partial charge in [0.15, 0.2) is 0 Å². The molecule has 0 fully saturated rings. The molecule has 0 saturated heterocycles. The summed E-state index contributed by atoms with van der Waals surface area (Å²) in [5, 5.41) is 7.57. The highest BCUT2D eigenvalue weighted by Crippen LogP contribution is 2.22. The minimum Gasteiger partial charge on any atom is -0.394 e. The molecule has 102 valence electrons. The van der Waals surface area contributed by atoms with Gasteiger partial charge in [-0.05, 0) is 13.3 Å². The predicted octanol–water partition coefficient (Wildman–Crippen LogP) is 1.07. The summed E-state index contributed by atoms with van der Waals surface area (Å²) in [6.07, 6.45) is 1.44.